The molecule has 128 valence electrons. The summed E-state index contributed by atoms with van der Waals surface area (Å²) >= 11 is 0. The van der Waals surface area contributed by atoms with Crippen LogP contribution in [0.25, 0.3) is 11.0 Å². The molecule has 1 aromatic carbocycles. The molecule has 1 saturated carbocycles. The van der Waals surface area contributed by atoms with E-state index in [0.29, 0.717) is 31.2 Å². The van der Waals surface area contributed by atoms with Crippen LogP contribution < -0.4 is 0 Å². The highest BCUT2D eigenvalue weighted by molar-refractivity contribution is 5.86. The molecule has 3 heterocycles. The van der Waals surface area contributed by atoms with Gasteiger partial charge >= 0.3 is 0 Å². The van der Waals surface area contributed by atoms with Gasteiger partial charge in [0.1, 0.15) is 11.5 Å². The van der Waals surface area contributed by atoms with Gasteiger partial charge in [0, 0.05) is 30.8 Å². The minimum Gasteiger partial charge on any atom is -0.356 e. The van der Waals surface area contributed by atoms with Gasteiger partial charge in [-0.2, -0.15) is 5.10 Å². The van der Waals surface area contributed by atoms with Crippen LogP contribution >= 0.6 is 0 Å². The summed E-state index contributed by atoms with van der Waals surface area (Å²) in [7, 11) is 0. The molecule has 2 aliphatic rings. The van der Waals surface area contributed by atoms with E-state index in [4.69, 9.17) is 4.52 Å². The Morgan fingerprint density at radius 1 is 1.20 bits per heavy atom. The molecule has 7 heteroatoms. The normalized spacial score (nSPS) is 17.5. The number of amides is 1. The molecule has 1 amide bonds. The number of carbonyl (C=O) groups excluding carboxylic acids is 1. The molecule has 0 unspecified atom stereocenters. The molecular formula is C18H19N5O2. The van der Waals surface area contributed by atoms with Gasteiger partial charge in [-0.3, -0.25) is 4.79 Å². The lowest BCUT2D eigenvalue weighted by Crippen LogP contribution is -2.35. The van der Waals surface area contributed by atoms with E-state index in [9.17, 15) is 4.79 Å². The summed E-state index contributed by atoms with van der Waals surface area (Å²) < 4.78 is 7.28. The molecule has 0 bridgehead atoms. The van der Waals surface area contributed by atoms with Crippen LogP contribution in [0.4, 0.5) is 0 Å². The first-order valence-corrected chi connectivity index (χ1v) is 8.82. The molecular weight excluding hydrogens is 318 g/mol. The number of fused-ring (bicyclic) bond motifs is 2. The van der Waals surface area contributed by atoms with Crippen molar-refractivity contribution < 1.29 is 9.32 Å². The van der Waals surface area contributed by atoms with E-state index in [2.05, 4.69) is 15.2 Å². The summed E-state index contributed by atoms with van der Waals surface area (Å²) in [6.45, 7) is 2.05. The second-order valence-corrected chi connectivity index (χ2v) is 6.82. The van der Waals surface area contributed by atoms with Gasteiger partial charge in [-0.05, 0) is 25.0 Å². The van der Waals surface area contributed by atoms with Crippen molar-refractivity contribution in [2.45, 2.75) is 38.1 Å². The van der Waals surface area contributed by atoms with Gasteiger partial charge in [-0.25, -0.2) is 9.67 Å². The predicted octanol–water partition coefficient (Wildman–Crippen LogP) is 1.92. The maximum Gasteiger partial charge on any atom is 0.228 e. The van der Waals surface area contributed by atoms with E-state index in [0.717, 1.165) is 29.0 Å². The lowest BCUT2D eigenvalue weighted by molar-refractivity contribution is -0.130. The lowest BCUT2D eigenvalue weighted by atomic mass is 10.1. The quantitative estimate of drug-likeness (QED) is 0.730. The molecule has 1 fully saturated rings. The summed E-state index contributed by atoms with van der Waals surface area (Å²) in [5.74, 6) is 2.64. The third kappa shape index (κ3) is 2.69. The minimum atomic E-state index is 0.0761. The van der Waals surface area contributed by atoms with Gasteiger partial charge in [0.2, 0.25) is 5.91 Å². The molecule has 2 aromatic heterocycles. The van der Waals surface area contributed by atoms with Crippen LogP contribution in [0.1, 0.15) is 36.1 Å². The second-order valence-electron chi connectivity index (χ2n) is 6.82. The van der Waals surface area contributed by atoms with E-state index in [-0.39, 0.29) is 12.3 Å². The van der Waals surface area contributed by atoms with Crippen molar-refractivity contribution >= 4 is 16.9 Å². The van der Waals surface area contributed by atoms with Crippen molar-refractivity contribution in [2.75, 3.05) is 13.1 Å². The lowest BCUT2D eigenvalue weighted by Gasteiger charge is -2.19. The Balaban J connectivity index is 1.29. The highest BCUT2D eigenvalue weighted by Crippen LogP contribution is 2.38. The van der Waals surface area contributed by atoms with Gasteiger partial charge in [0.15, 0.2) is 11.4 Å². The van der Waals surface area contributed by atoms with Crippen molar-refractivity contribution in [3.05, 3.63) is 41.6 Å². The molecule has 0 N–H and O–H groups in total. The topological polar surface area (TPSA) is 77.1 Å². The smallest absolute Gasteiger partial charge is 0.228 e. The van der Waals surface area contributed by atoms with Crippen molar-refractivity contribution in [3.8, 4) is 0 Å². The van der Waals surface area contributed by atoms with Crippen LogP contribution in [0.3, 0.4) is 0 Å². The zero-order valence-corrected chi connectivity index (χ0v) is 13.9. The average molecular weight is 337 g/mol. The summed E-state index contributed by atoms with van der Waals surface area (Å²) in [6, 6.07) is 7.64. The maximum atomic E-state index is 12.7. The van der Waals surface area contributed by atoms with Crippen LogP contribution in [0.2, 0.25) is 0 Å². The summed E-state index contributed by atoms with van der Waals surface area (Å²) in [6.07, 6.45) is 3.44. The molecule has 7 nitrogen and oxygen atoms in total. The van der Waals surface area contributed by atoms with Crippen LogP contribution in [-0.4, -0.2) is 43.8 Å². The van der Waals surface area contributed by atoms with Crippen LogP contribution in [0, 0.1) is 0 Å². The second kappa shape index (κ2) is 5.68. The van der Waals surface area contributed by atoms with Gasteiger partial charge in [-0.15, -0.1) is 0 Å². The van der Waals surface area contributed by atoms with E-state index < -0.39 is 0 Å². The number of hydrogen-bond acceptors (Lipinski definition) is 5. The first-order chi connectivity index (χ1) is 12.3. The molecule has 25 heavy (non-hydrogen) atoms. The van der Waals surface area contributed by atoms with E-state index in [1.807, 2.05) is 33.8 Å². The Morgan fingerprint density at radius 2 is 2.08 bits per heavy atom. The maximum absolute atomic E-state index is 12.7. The molecule has 0 atom stereocenters. The van der Waals surface area contributed by atoms with Crippen molar-refractivity contribution in [2.24, 2.45) is 0 Å². The number of benzene rings is 1. The Kier molecular flexibility index (Phi) is 3.33. The Morgan fingerprint density at radius 3 is 2.96 bits per heavy atom. The van der Waals surface area contributed by atoms with Crippen LogP contribution in [0.15, 0.2) is 28.8 Å². The zero-order valence-electron chi connectivity index (χ0n) is 13.9. The number of para-hydroxylation sites is 1. The number of carbonyl (C=O) groups is 1. The highest BCUT2D eigenvalue weighted by Gasteiger charge is 2.30. The molecule has 0 saturated heterocycles. The fourth-order valence-electron chi connectivity index (χ4n) is 3.40. The molecule has 1 aliphatic heterocycles. The van der Waals surface area contributed by atoms with Gasteiger partial charge in [0.05, 0.1) is 13.0 Å². The fraction of sp³-hybridized carbons (Fsp3) is 0.444. The molecule has 0 spiro atoms. The molecule has 5 rings (SSSR count). The molecule has 0 radical (unpaired) electrons. The monoisotopic (exact) mass is 337 g/mol. The number of hydrogen-bond donors (Lipinski definition) is 0. The van der Waals surface area contributed by atoms with Crippen molar-refractivity contribution in [3.63, 3.8) is 0 Å². The number of nitrogens with zero attached hydrogens (tertiary/aromatic N) is 5. The van der Waals surface area contributed by atoms with E-state index in [1.165, 1.54) is 12.8 Å². The van der Waals surface area contributed by atoms with Crippen LogP contribution in [0.5, 0.6) is 0 Å². The summed E-state index contributed by atoms with van der Waals surface area (Å²) in [5.41, 5.74) is 1.43. The number of rotatable bonds is 3. The highest BCUT2D eigenvalue weighted by atomic mass is 16.5. The third-order valence-corrected chi connectivity index (χ3v) is 5.02. The summed E-state index contributed by atoms with van der Waals surface area (Å²) in [5, 5.41) is 9.60. The van der Waals surface area contributed by atoms with Crippen molar-refractivity contribution in [1.82, 2.24) is 24.8 Å². The fourth-order valence-corrected chi connectivity index (χ4v) is 3.40. The Hall–Kier alpha value is -2.70. The zero-order chi connectivity index (χ0) is 16.8. The SMILES string of the molecule is O=C(Cc1noc2ccccc12)N1CCc2nc(C3CC3)nn2CC1. The molecule has 3 aromatic rings. The van der Waals surface area contributed by atoms with Crippen LogP contribution in [-0.2, 0) is 24.2 Å². The summed E-state index contributed by atoms with van der Waals surface area (Å²) in [4.78, 5) is 19.3. The Labute approximate surface area is 144 Å². The Bertz CT molecular complexity index is 914. The third-order valence-electron chi connectivity index (χ3n) is 5.02. The van der Waals surface area contributed by atoms with E-state index in [1.54, 1.807) is 0 Å². The average Bonchev–Trinajstić information content (AvgIpc) is 3.34. The standard InChI is InChI=1S/C18H19N5O2/c24-17(11-14-13-3-1-2-4-15(13)25-21-14)22-8-7-16-19-18(12-5-6-12)20-23(16)10-9-22/h1-4,12H,5-11H2. The van der Waals surface area contributed by atoms with Gasteiger partial charge in [0.25, 0.3) is 0 Å². The largest absolute Gasteiger partial charge is 0.356 e. The first-order valence-electron chi connectivity index (χ1n) is 8.82. The van der Waals surface area contributed by atoms with Gasteiger partial charge in [-0.1, -0.05) is 17.3 Å². The predicted molar refractivity (Wildman–Crippen MR) is 90.0 cm³/mol. The van der Waals surface area contributed by atoms with Crippen molar-refractivity contribution in [1.29, 1.82) is 0 Å². The first kappa shape index (κ1) is 14.6. The molecule has 1 aliphatic carbocycles. The number of aromatic nitrogens is 4. The van der Waals surface area contributed by atoms with Gasteiger partial charge < -0.3 is 9.42 Å². The minimum absolute atomic E-state index is 0.0761. The van der Waals surface area contributed by atoms with E-state index >= 15 is 0 Å².